The molecule has 6 nitrogen and oxygen atoms in total. The van der Waals surface area contributed by atoms with Crippen molar-refractivity contribution in [1.29, 1.82) is 0 Å². The average molecular weight is 383 g/mol. The van der Waals surface area contributed by atoms with E-state index in [0.717, 1.165) is 12.0 Å². The van der Waals surface area contributed by atoms with Gasteiger partial charge in [0.15, 0.2) is 0 Å². The number of alkyl carbamates (subject to hydrolysis) is 1. The number of amides is 1. The number of carbonyl (C=O) groups is 2. The molecule has 144 valence electrons. The highest BCUT2D eigenvalue weighted by molar-refractivity contribution is 6.30. The van der Waals surface area contributed by atoms with Crippen molar-refractivity contribution in [2.45, 2.75) is 63.6 Å². The van der Waals surface area contributed by atoms with Crippen molar-refractivity contribution in [2.24, 2.45) is 0 Å². The number of rotatable bonds is 7. The molecular formula is C19H27ClN2O4. The van der Waals surface area contributed by atoms with E-state index in [1.807, 2.05) is 12.1 Å². The summed E-state index contributed by atoms with van der Waals surface area (Å²) >= 11 is 5.92. The molecule has 0 aromatic heterocycles. The Morgan fingerprint density at radius 1 is 1.27 bits per heavy atom. The maximum absolute atomic E-state index is 12.2. The molecule has 1 amide bonds. The van der Waals surface area contributed by atoms with Gasteiger partial charge in [0.25, 0.3) is 0 Å². The third-order valence-electron chi connectivity index (χ3n) is 4.42. The van der Waals surface area contributed by atoms with Gasteiger partial charge in [0, 0.05) is 17.6 Å². The van der Waals surface area contributed by atoms with Crippen molar-refractivity contribution in [3.63, 3.8) is 0 Å². The summed E-state index contributed by atoms with van der Waals surface area (Å²) in [6.07, 6.45) is 2.11. The van der Waals surface area contributed by atoms with Crippen molar-refractivity contribution in [3.05, 3.63) is 34.9 Å². The lowest BCUT2D eigenvalue weighted by molar-refractivity contribution is -0.148. The Morgan fingerprint density at radius 2 is 1.88 bits per heavy atom. The molecule has 0 bridgehead atoms. The minimum absolute atomic E-state index is 0.303. The second-order valence-corrected chi connectivity index (χ2v) is 8.23. The Bertz CT molecular complexity index is 636. The van der Waals surface area contributed by atoms with Crippen LogP contribution in [0.1, 0.15) is 45.6 Å². The van der Waals surface area contributed by atoms with Gasteiger partial charge in [-0.1, -0.05) is 23.7 Å². The number of hydrogen-bond acceptors (Lipinski definition) is 4. The molecule has 0 saturated heterocycles. The van der Waals surface area contributed by atoms with Gasteiger partial charge in [-0.3, -0.25) is 10.1 Å². The van der Waals surface area contributed by atoms with Gasteiger partial charge in [-0.05, 0) is 64.2 Å². The van der Waals surface area contributed by atoms with Crippen LogP contribution in [-0.2, 0) is 16.0 Å². The Kier molecular flexibility index (Phi) is 6.53. The number of carbonyl (C=O) groups excluding carboxylic acids is 1. The van der Waals surface area contributed by atoms with Gasteiger partial charge in [-0.2, -0.15) is 0 Å². The Hall–Kier alpha value is -1.79. The number of carboxylic acid groups (broad SMARTS) is 1. The Labute approximate surface area is 159 Å². The van der Waals surface area contributed by atoms with Crippen molar-refractivity contribution in [3.8, 4) is 0 Å². The predicted octanol–water partition coefficient (Wildman–Crippen LogP) is 3.37. The summed E-state index contributed by atoms with van der Waals surface area (Å²) in [5.41, 5.74) is -0.484. The lowest BCUT2D eigenvalue weighted by Gasteiger charge is -2.39. The van der Waals surface area contributed by atoms with E-state index < -0.39 is 23.2 Å². The van der Waals surface area contributed by atoms with Crippen molar-refractivity contribution in [1.82, 2.24) is 10.6 Å². The summed E-state index contributed by atoms with van der Waals surface area (Å²) in [6, 6.07) is 7.06. The van der Waals surface area contributed by atoms with Crippen LogP contribution in [0.15, 0.2) is 24.3 Å². The van der Waals surface area contributed by atoms with Crippen LogP contribution in [0, 0.1) is 0 Å². The number of hydrogen-bond donors (Lipinski definition) is 3. The Morgan fingerprint density at radius 3 is 2.35 bits per heavy atom. The summed E-state index contributed by atoms with van der Waals surface area (Å²) in [4.78, 5) is 23.7. The van der Waals surface area contributed by atoms with E-state index in [-0.39, 0.29) is 6.04 Å². The van der Waals surface area contributed by atoms with Crippen LogP contribution in [0.25, 0.3) is 0 Å². The zero-order valence-corrected chi connectivity index (χ0v) is 16.2. The Balaban J connectivity index is 2.03. The molecule has 3 N–H and O–H groups in total. The number of ether oxygens (including phenoxy) is 1. The van der Waals surface area contributed by atoms with Crippen LogP contribution in [0.5, 0.6) is 0 Å². The van der Waals surface area contributed by atoms with Gasteiger partial charge in [-0.25, -0.2) is 4.79 Å². The number of aliphatic carboxylic acids is 1. The van der Waals surface area contributed by atoms with E-state index in [0.29, 0.717) is 30.8 Å². The molecule has 1 aromatic rings. The standard InChI is InChI=1S/C19H27ClN2O4/c1-18(2,3)26-17(25)22-15(11-13-5-7-14(20)8-6-13)12-21-19(16(23)24)9-4-10-19/h5-8,15,21H,4,9-12H2,1-3H3,(H,22,25)(H,23,24)/t15-/m0/s1. The molecular weight excluding hydrogens is 356 g/mol. The zero-order chi connectivity index (χ0) is 19.4. The predicted molar refractivity (Wildman–Crippen MR) is 101 cm³/mol. The van der Waals surface area contributed by atoms with E-state index in [2.05, 4.69) is 10.6 Å². The highest BCUT2D eigenvalue weighted by Gasteiger charge is 2.44. The molecule has 0 heterocycles. The topological polar surface area (TPSA) is 87.7 Å². The molecule has 1 fully saturated rings. The molecule has 0 unspecified atom stereocenters. The molecule has 26 heavy (non-hydrogen) atoms. The number of benzene rings is 1. The highest BCUT2D eigenvalue weighted by Crippen LogP contribution is 2.32. The van der Waals surface area contributed by atoms with Gasteiger partial charge in [0.2, 0.25) is 0 Å². The van der Waals surface area contributed by atoms with Crippen LogP contribution in [0.4, 0.5) is 4.79 Å². The number of nitrogens with one attached hydrogen (secondary N) is 2. The zero-order valence-electron chi connectivity index (χ0n) is 15.5. The van der Waals surface area contributed by atoms with Gasteiger partial charge >= 0.3 is 12.1 Å². The summed E-state index contributed by atoms with van der Waals surface area (Å²) in [7, 11) is 0. The second-order valence-electron chi connectivity index (χ2n) is 7.80. The van der Waals surface area contributed by atoms with Crippen LogP contribution in [0.3, 0.4) is 0 Å². The van der Waals surface area contributed by atoms with Gasteiger partial charge < -0.3 is 15.2 Å². The summed E-state index contributed by atoms with van der Waals surface area (Å²) < 4.78 is 5.33. The fourth-order valence-electron chi connectivity index (χ4n) is 2.87. The smallest absolute Gasteiger partial charge is 0.407 e. The molecule has 1 aliphatic rings. The third kappa shape index (κ3) is 5.88. The van der Waals surface area contributed by atoms with Crippen molar-refractivity contribution >= 4 is 23.7 Å². The monoisotopic (exact) mass is 382 g/mol. The minimum atomic E-state index is -0.881. The normalized spacial score (nSPS) is 17.1. The van der Waals surface area contributed by atoms with Gasteiger partial charge in [0.1, 0.15) is 11.1 Å². The first-order chi connectivity index (χ1) is 12.1. The summed E-state index contributed by atoms with van der Waals surface area (Å²) in [5, 5.41) is 16.1. The molecule has 0 radical (unpaired) electrons. The van der Waals surface area contributed by atoms with Gasteiger partial charge in [0.05, 0.1) is 0 Å². The first-order valence-corrected chi connectivity index (χ1v) is 9.20. The second kappa shape index (κ2) is 8.27. The molecule has 1 saturated carbocycles. The lowest BCUT2D eigenvalue weighted by Crippen LogP contribution is -2.60. The van der Waals surface area contributed by atoms with E-state index in [4.69, 9.17) is 16.3 Å². The average Bonchev–Trinajstić information content (AvgIpc) is 2.45. The van der Waals surface area contributed by atoms with Gasteiger partial charge in [-0.15, -0.1) is 0 Å². The first-order valence-electron chi connectivity index (χ1n) is 8.82. The third-order valence-corrected chi connectivity index (χ3v) is 4.67. The van der Waals surface area contributed by atoms with E-state index in [1.54, 1.807) is 32.9 Å². The van der Waals surface area contributed by atoms with Crippen LogP contribution in [-0.4, -0.2) is 40.9 Å². The van der Waals surface area contributed by atoms with E-state index >= 15 is 0 Å². The quantitative estimate of drug-likeness (QED) is 0.672. The van der Waals surface area contributed by atoms with E-state index in [1.165, 1.54) is 0 Å². The largest absolute Gasteiger partial charge is 0.480 e. The lowest BCUT2D eigenvalue weighted by atomic mass is 9.76. The number of carboxylic acids is 1. The first kappa shape index (κ1) is 20.5. The van der Waals surface area contributed by atoms with Crippen LogP contribution >= 0.6 is 11.6 Å². The fraction of sp³-hybridized carbons (Fsp3) is 0.579. The minimum Gasteiger partial charge on any atom is -0.480 e. The molecule has 1 aliphatic carbocycles. The van der Waals surface area contributed by atoms with E-state index in [9.17, 15) is 14.7 Å². The molecule has 0 spiro atoms. The molecule has 1 aromatic carbocycles. The van der Waals surface area contributed by atoms with Crippen LogP contribution < -0.4 is 10.6 Å². The van der Waals surface area contributed by atoms with Crippen molar-refractivity contribution < 1.29 is 19.4 Å². The summed E-state index contributed by atoms with van der Waals surface area (Å²) in [5.74, 6) is -0.841. The summed E-state index contributed by atoms with van der Waals surface area (Å²) in [6.45, 7) is 5.74. The SMILES string of the molecule is CC(C)(C)OC(=O)N[C@H](CNC1(C(=O)O)CCC1)Cc1ccc(Cl)cc1. The van der Waals surface area contributed by atoms with Crippen molar-refractivity contribution in [2.75, 3.05) is 6.54 Å². The fourth-order valence-corrected chi connectivity index (χ4v) is 2.99. The molecule has 7 heteroatoms. The highest BCUT2D eigenvalue weighted by atomic mass is 35.5. The molecule has 0 aliphatic heterocycles. The molecule has 1 atom stereocenters. The van der Waals surface area contributed by atoms with Crippen LogP contribution in [0.2, 0.25) is 5.02 Å². The maximum Gasteiger partial charge on any atom is 0.407 e. The maximum atomic E-state index is 12.2. The molecule has 2 rings (SSSR count). The number of halogens is 1.